The molecule has 1 N–H and O–H groups in total. The first-order valence-corrected chi connectivity index (χ1v) is 6.53. The van der Waals surface area contributed by atoms with E-state index in [9.17, 15) is 13.2 Å². The number of aromatic amines is 1. The highest BCUT2D eigenvalue weighted by molar-refractivity contribution is 5.58. The Kier molecular flexibility index (Phi) is 3.91. The van der Waals surface area contributed by atoms with Crippen LogP contribution in [0.1, 0.15) is 17.1 Å². The number of aromatic nitrogens is 4. The second kappa shape index (κ2) is 6.04. The summed E-state index contributed by atoms with van der Waals surface area (Å²) in [6.07, 6.45) is -3.19. The van der Waals surface area contributed by atoms with Gasteiger partial charge in [-0.05, 0) is 18.2 Å². The fourth-order valence-electron chi connectivity index (χ4n) is 1.88. The number of nitriles is 1. The van der Waals surface area contributed by atoms with E-state index in [1.807, 2.05) is 6.07 Å². The van der Waals surface area contributed by atoms with E-state index < -0.39 is 11.7 Å². The number of rotatable bonds is 4. The van der Waals surface area contributed by atoms with Crippen LogP contribution in [0.5, 0.6) is 5.75 Å². The number of hydrogen-bond donors (Lipinski definition) is 1. The number of oxazole rings is 1. The number of nitrogens with zero attached hydrogens (tertiary/aromatic N) is 4. The maximum absolute atomic E-state index is 12.6. The predicted molar refractivity (Wildman–Crippen MR) is 72.4 cm³/mol. The van der Waals surface area contributed by atoms with Crippen LogP contribution in [-0.4, -0.2) is 20.4 Å². The van der Waals surface area contributed by atoms with Crippen molar-refractivity contribution < 1.29 is 22.3 Å². The third kappa shape index (κ3) is 3.19. The van der Waals surface area contributed by atoms with Crippen LogP contribution in [0.25, 0.3) is 11.4 Å². The Hall–Kier alpha value is -3.35. The molecule has 0 bridgehead atoms. The van der Waals surface area contributed by atoms with Gasteiger partial charge in [0.25, 0.3) is 0 Å². The first kappa shape index (κ1) is 15.5. The van der Waals surface area contributed by atoms with Crippen molar-refractivity contribution in [2.24, 2.45) is 0 Å². The molecule has 0 radical (unpaired) electrons. The Morgan fingerprint density at radius 2 is 2.12 bits per heavy atom. The fraction of sp³-hybridized carbons (Fsp3) is 0.143. The van der Waals surface area contributed by atoms with Gasteiger partial charge in [0.2, 0.25) is 5.89 Å². The van der Waals surface area contributed by atoms with Gasteiger partial charge in [0.05, 0.1) is 5.56 Å². The molecule has 0 atom stereocenters. The van der Waals surface area contributed by atoms with Crippen molar-refractivity contribution in [3.8, 4) is 23.2 Å². The molecule has 0 unspecified atom stereocenters. The Balaban J connectivity index is 1.72. The maximum Gasteiger partial charge on any atom is 0.416 e. The van der Waals surface area contributed by atoms with Crippen LogP contribution in [-0.2, 0) is 12.8 Å². The number of benzene rings is 1. The highest BCUT2D eigenvalue weighted by atomic mass is 19.4. The van der Waals surface area contributed by atoms with Gasteiger partial charge in [-0.1, -0.05) is 6.07 Å². The summed E-state index contributed by atoms with van der Waals surface area (Å²) in [5.41, 5.74) is -0.280. The summed E-state index contributed by atoms with van der Waals surface area (Å²) in [6.45, 7) is -0.180. The summed E-state index contributed by atoms with van der Waals surface area (Å²) in [7, 11) is 0. The summed E-state index contributed by atoms with van der Waals surface area (Å²) in [4.78, 5) is 4.06. The lowest BCUT2D eigenvalue weighted by atomic mass is 10.2. The zero-order chi connectivity index (χ0) is 17.2. The van der Waals surface area contributed by atoms with E-state index in [2.05, 4.69) is 20.4 Å². The third-order valence-corrected chi connectivity index (χ3v) is 2.97. The summed E-state index contributed by atoms with van der Waals surface area (Å²) < 4.78 is 48.3. The van der Waals surface area contributed by atoms with Gasteiger partial charge < -0.3 is 9.15 Å². The topological polar surface area (TPSA) is 101 Å². The first-order valence-electron chi connectivity index (χ1n) is 6.53. The van der Waals surface area contributed by atoms with Crippen molar-refractivity contribution in [1.29, 1.82) is 5.26 Å². The highest BCUT2D eigenvalue weighted by Gasteiger charge is 2.30. The lowest BCUT2D eigenvalue weighted by Crippen LogP contribution is -2.05. The van der Waals surface area contributed by atoms with E-state index in [4.69, 9.17) is 14.4 Å². The van der Waals surface area contributed by atoms with Crippen LogP contribution in [0.3, 0.4) is 0 Å². The normalized spacial score (nSPS) is 11.2. The number of ether oxygens (including phenoxy) is 1. The molecule has 0 fully saturated rings. The van der Waals surface area contributed by atoms with Gasteiger partial charge >= 0.3 is 6.18 Å². The Morgan fingerprint density at radius 1 is 1.29 bits per heavy atom. The van der Waals surface area contributed by atoms with Crippen molar-refractivity contribution in [2.75, 3.05) is 0 Å². The minimum Gasteiger partial charge on any atom is -0.484 e. The molecular formula is C14H8F3N5O2. The second-order valence-electron chi connectivity index (χ2n) is 4.57. The van der Waals surface area contributed by atoms with Crippen molar-refractivity contribution in [2.45, 2.75) is 12.8 Å². The predicted octanol–water partition coefficient (Wildman–Crippen LogP) is 2.93. The van der Waals surface area contributed by atoms with Gasteiger partial charge in [-0.2, -0.15) is 28.7 Å². The lowest BCUT2D eigenvalue weighted by Gasteiger charge is -2.09. The summed E-state index contributed by atoms with van der Waals surface area (Å²) in [5, 5.41) is 18.6. The molecule has 1 aromatic carbocycles. The van der Waals surface area contributed by atoms with Gasteiger partial charge in [-0.3, -0.25) is 0 Å². The molecule has 7 nitrogen and oxygen atoms in total. The molecule has 0 aliphatic rings. The van der Waals surface area contributed by atoms with E-state index in [0.717, 1.165) is 12.1 Å². The first-order chi connectivity index (χ1) is 11.5. The molecule has 122 valence electrons. The molecule has 2 heterocycles. The van der Waals surface area contributed by atoms with E-state index >= 15 is 0 Å². The zero-order valence-corrected chi connectivity index (χ0v) is 11.8. The van der Waals surface area contributed by atoms with Crippen LogP contribution in [0.2, 0.25) is 0 Å². The van der Waals surface area contributed by atoms with Crippen molar-refractivity contribution >= 4 is 0 Å². The van der Waals surface area contributed by atoms with Crippen LogP contribution >= 0.6 is 0 Å². The quantitative estimate of drug-likeness (QED) is 0.787. The van der Waals surface area contributed by atoms with Gasteiger partial charge in [0.15, 0.2) is 18.0 Å². The number of nitrogens with one attached hydrogen (secondary N) is 1. The number of hydrogen-bond acceptors (Lipinski definition) is 6. The Morgan fingerprint density at radius 3 is 2.88 bits per heavy atom. The average Bonchev–Trinajstić information content (AvgIpc) is 3.21. The second-order valence-corrected chi connectivity index (χ2v) is 4.57. The number of alkyl halides is 3. The molecule has 0 amide bonds. The lowest BCUT2D eigenvalue weighted by molar-refractivity contribution is -0.137. The zero-order valence-electron chi connectivity index (χ0n) is 11.8. The van der Waals surface area contributed by atoms with Crippen LogP contribution in [0.15, 0.2) is 34.9 Å². The van der Waals surface area contributed by atoms with E-state index in [-0.39, 0.29) is 35.3 Å². The van der Waals surface area contributed by atoms with Crippen molar-refractivity contribution in [1.82, 2.24) is 20.4 Å². The number of halogens is 3. The average molecular weight is 335 g/mol. The molecular weight excluding hydrogens is 327 g/mol. The Bertz CT molecular complexity index is 894. The molecule has 0 saturated heterocycles. The monoisotopic (exact) mass is 335 g/mol. The van der Waals surface area contributed by atoms with E-state index in [1.165, 1.54) is 18.4 Å². The molecule has 3 rings (SSSR count). The van der Waals surface area contributed by atoms with Crippen LogP contribution in [0, 0.1) is 11.3 Å². The molecule has 0 spiro atoms. The molecule has 0 aliphatic heterocycles. The summed E-state index contributed by atoms with van der Waals surface area (Å²) >= 11 is 0. The largest absolute Gasteiger partial charge is 0.484 e. The van der Waals surface area contributed by atoms with Gasteiger partial charge in [-0.25, -0.2) is 4.98 Å². The van der Waals surface area contributed by atoms with Crippen LogP contribution < -0.4 is 4.74 Å². The van der Waals surface area contributed by atoms with Crippen molar-refractivity contribution in [3.05, 3.63) is 47.7 Å². The minimum atomic E-state index is -4.45. The van der Waals surface area contributed by atoms with Gasteiger partial charge in [0.1, 0.15) is 23.8 Å². The third-order valence-electron chi connectivity index (χ3n) is 2.97. The van der Waals surface area contributed by atoms with Crippen molar-refractivity contribution in [3.63, 3.8) is 0 Å². The minimum absolute atomic E-state index is 0.0312. The maximum atomic E-state index is 12.6. The molecule has 0 saturated carbocycles. The molecule has 24 heavy (non-hydrogen) atoms. The van der Waals surface area contributed by atoms with Gasteiger partial charge in [0, 0.05) is 0 Å². The smallest absolute Gasteiger partial charge is 0.416 e. The van der Waals surface area contributed by atoms with E-state index in [0.29, 0.717) is 0 Å². The Labute approximate surface area is 132 Å². The van der Waals surface area contributed by atoms with Crippen LogP contribution in [0.4, 0.5) is 13.2 Å². The molecule has 10 heteroatoms. The molecule has 3 aromatic rings. The van der Waals surface area contributed by atoms with Gasteiger partial charge in [-0.15, -0.1) is 5.10 Å². The fourth-order valence-corrected chi connectivity index (χ4v) is 1.88. The molecule has 0 aliphatic carbocycles. The highest BCUT2D eigenvalue weighted by Crippen LogP contribution is 2.31. The molecule has 2 aromatic heterocycles. The summed E-state index contributed by atoms with van der Waals surface area (Å²) in [6, 6.07) is 6.31. The standard InChI is InChI=1S/C14H8F3N5O2/c15-14(16,17)8-2-1-3-9(4-8)23-7-12-19-11(6-24-12)13-10(5-18)20-22-21-13/h1-4,6H,7H2,(H,20,21,22). The summed E-state index contributed by atoms with van der Waals surface area (Å²) in [5.74, 6) is 0.151. The van der Waals surface area contributed by atoms with E-state index in [1.54, 1.807) is 0 Å². The number of H-pyrrole nitrogens is 1. The SMILES string of the molecule is N#Cc1n[nH]nc1-c1coc(COc2cccc(C(F)(F)F)c2)n1.